The SMILES string of the molecule is OC(CBr)C[n+]1cccc2cc(Br)ccc21. The standard InChI is InChI=1S/C12H12Br2NO/c13-7-11(16)8-15-5-1-2-9-6-10(14)3-4-12(9)15/h1-6,11,16H,7-8H2/q+1. The first kappa shape index (κ1) is 12.0. The van der Waals surface area contributed by atoms with E-state index in [4.69, 9.17) is 0 Å². The van der Waals surface area contributed by atoms with Crippen LogP contribution in [0.15, 0.2) is 41.0 Å². The van der Waals surface area contributed by atoms with E-state index in [1.54, 1.807) is 0 Å². The summed E-state index contributed by atoms with van der Waals surface area (Å²) in [4.78, 5) is 0. The lowest BCUT2D eigenvalue weighted by Crippen LogP contribution is -2.40. The number of fused-ring (bicyclic) bond motifs is 1. The quantitative estimate of drug-likeness (QED) is 0.671. The van der Waals surface area contributed by atoms with Gasteiger partial charge in [0.25, 0.3) is 0 Å². The summed E-state index contributed by atoms with van der Waals surface area (Å²) in [6, 6.07) is 10.2. The Labute approximate surface area is 111 Å². The van der Waals surface area contributed by atoms with Crippen molar-refractivity contribution in [1.82, 2.24) is 0 Å². The molecule has 0 amide bonds. The van der Waals surface area contributed by atoms with Crippen LogP contribution in [0.5, 0.6) is 0 Å². The van der Waals surface area contributed by atoms with Crippen LogP contribution in [0.4, 0.5) is 0 Å². The van der Waals surface area contributed by atoms with Crippen LogP contribution in [0.25, 0.3) is 10.9 Å². The summed E-state index contributed by atoms with van der Waals surface area (Å²) in [5.41, 5.74) is 1.13. The van der Waals surface area contributed by atoms with Gasteiger partial charge in [-0.05, 0) is 18.2 Å². The number of hydrogen-bond acceptors (Lipinski definition) is 1. The largest absolute Gasteiger partial charge is 0.386 e. The normalized spacial score (nSPS) is 12.9. The van der Waals surface area contributed by atoms with Crippen molar-refractivity contribution in [3.63, 3.8) is 0 Å². The lowest BCUT2D eigenvalue weighted by Gasteiger charge is -2.05. The number of pyridine rings is 1. The lowest BCUT2D eigenvalue weighted by atomic mass is 10.2. The molecule has 16 heavy (non-hydrogen) atoms. The van der Waals surface area contributed by atoms with Crippen LogP contribution in [0, 0.1) is 0 Å². The van der Waals surface area contributed by atoms with E-state index in [0.29, 0.717) is 11.9 Å². The van der Waals surface area contributed by atoms with E-state index < -0.39 is 0 Å². The summed E-state index contributed by atoms with van der Waals surface area (Å²) < 4.78 is 3.13. The van der Waals surface area contributed by atoms with Crippen molar-refractivity contribution in [2.24, 2.45) is 0 Å². The fraction of sp³-hybridized carbons (Fsp3) is 0.250. The molecule has 2 aromatic rings. The lowest BCUT2D eigenvalue weighted by molar-refractivity contribution is -0.677. The van der Waals surface area contributed by atoms with Gasteiger partial charge in [0.15, 0.2) is 12.7 Å². The highest BCUT2D eigenvalue weighted by Gasteiger charge is 2.13. The molecule has 0 aliphatic carbocycles. The third-order valence-corrected chi connectivity index (χ3v) is 3.67. The van der Waals surface area contributed by atoms with E-state index in [0.717, 1.165) is 9.99 Å². The summed E-state index contributed by atoms with van der Waals surface area (Å²) in [6.45, 7) is 0.601. The molecule has 1 aromatic heterocycles. The van der Waals surface area contributed by atoms with Gasteiger partial charge in [-0.1, -0.05) is 31.9 Å². The van der Waals surface area contributed by atoms with Gasteiger partial charge in [0, 0.05) is 27.3 Å². The number of hydrogen-bond donors (Lipinski definition) is 1. The van der Waals surface area contributed by atoms with Gasteiger partial charge >= 0.3 is 0 Å². The van der Waals surface area contributed by atoms with Crippen molar-refractivity contribution in [3.05, 3.63) is 41.0 Å². The Morgan fingerprint density at radius 3 is 2.88 bits per heavy atom. The van der Waals surface area contributed by atoms with Crippen molar-refractivity contribution in [1.29, 1.82) is 0 Å². The van der Waals surface area contributed by atoms with E-state index in [9.17, 15) is 5.11 Å². The zero-order chi connectivity index (χ0) is 11.5. The first-order valence-electron chi connectivity index (χ1n) is 5.02. The highest BCUT2D eigenvalue weighted by Crippen LogP contribution is 2.16. The molecule has 4 heteroatoms. The number of aliphatic hydroxyl groups excluding tert-OH is 1. The third-order valence-electron chi connectivity index (χ3n) is 2.43. The first-order chi connectivity index (χ1) is 7.70. The number of rotatable bonds is 3. The molecule has 1 heterocycles. The topological polar surface area (TPSA) is 24.1 Å². The molecule has 0 aliphatic rings. The Balaban J connectivity index is 2.45. The number of aliphatic hydroxyl groups is 1. The van der Waals surface area contributed by atoms with E-state index in [1.807, 2.05) is 18.3 Å². The van der Waals surface area contributed by atoms with E-state index in [2.05, 4.69) is 54.6 Å². The molecule has 1 atom stereocenters. The second-order valence-electron chi connectivity index (χ2n) is 3.67. The van der Waals surface area contributed by atoms with Crippen LogP contribution in [0.1, 0.15) is 0 Å². The number of halogens is 2. The molecule has 1 unspecified atom stereocenters. The van der Waals surface area contributed by atoms with Crippen LogP contribution < -0.4 is 4.57 Å². The number of alkyl halides is 1. The molecule has 0 saturated carbocycles. The summed E-state index contributed by atoms with van der Waals surface area (Å²) in [5.74, 6) is 0. The zero-order valence-corrected chi connectivity index (χ0v) is 11.8. The van der Waals surface area contributed by atoms with Gasteiger partial charge < -0.3 is 5.11 Å². The minimum Gasteiger partial charge on any atom is -0.386 e. The number of nitrogens with zero attached hydrogens (tertiary/aromatic N) is 1. The summed E-state index contributed by atoms with van der Waals surface area (Å²) in [7, 11) is 0. The number of aromatic nitrogens is 1. The maximum atomic E-state index is 9.65. The average molecular weight is 346 g/mol. The Morgan fingerprint density at radius 1 is 1.31 bits per heavy atom. The van der Waals surface area contributed by atoms with Gasteiger partial charge in [0.2, 0.25) is 5.52 Å². The molecule has 0 saturated heterocycles. The van der Waals surface area contributed by atoms with E-state index in [-0.39, 0.29) is 6.10 Å². The van der Waals surface area contributed by atoms with E-state index in [1.165, 1.54) is 5.39 Å². The fourth-order valence-corrected chi connectivity index (χ4v) is 2.27. The van der Waals surface area contributed by atoms with Gasteiger partial charge in [-0.3, -0.25) is 0 Å². The van der Waals surface area contributed by atoms with Crippen LogP contribution in [0.3, 0.4) is 0 Å². The molecule has 0 fully saturated rings. The molecule has 0 spiro atoms. The molecule has 1 aromatic carbocycles. The molecule has 1 N–H and O–H groups in total. The van der Waals surface area contributed by atoms with Gasteiger partial charge in [-0.15, -0.1) is 0 Å². The first-order valence-corrected chi connectivity index (χ1v) is 6.94. The second-order valence-corrected chi connectivity index (χ2v) is 5.23. The predicted octanol–water partition coefficient (Wildman–Crippen LogP) is 2.65. The minimum atomic E-state index is -0.362. The average Bonchev–Trinajstić information content (AvgIpc) is 2.28. The van der Waals surface area contributed by atoms with Crippen LogP contribution in [0.2, 0.25) is 0 Å². The smallest absolute Gasteiger partial charge is 0.212 e. The fourth-order valence-electron chi connectivity index (χ4n) is 1.69. The van der Waals surface area contributed by atoms with Crippen LogP contribution in [-0.4, -0.2) is 16.5 Å². The Bertz CT molecular complexity index is 501. The van der Waals surface area contributed by atoms with Crippen molar-refractivity contribution < 1.29 is 9.67 Å². The maximum absolute atomic E-state index is 9.65. The van der Waals surface area contributed by atoms with Gasteiger partial charge in [0.05, 0.1) is 0 Å². The molecule has 0 aliphatic heterocycles. The summed E-state index contributed by atoms with van der Waals surface area (Å²) >= 11 is 6.73. The summed E-state index contributed by atoms with van der Waals surface area (Å²) in [5, 5.41) is 11.4. The highest BCUT2D eigenvalue weighted by molar-refractivity contribution is 9.10. The third kappa shape index (κ3) is 2.62. The van der Waals surface area contributed by atoms with Crippen molar-refractivity contribution >= 4 is 42.8 Å². The van der Waals surface area contributed by atoms with Crippen molar-refractivity contribution in [3.8, 4) is 0 Å². The Kier molecular flexibility index (Phi) is 3.95. The molecule has 84 valence electrons. The molecule has 2 rings (SSSR count). The monoisotopic (exact) mass is 344 g/mol. The Morgan fingerprint density at radius 2 is 2.12 bits per heavy atom. The summed E-state index contributed by atoms with van der Waals surface area (Å²) in [6.07, 6.45) is 1.63. The minimum absolute atomic E-state index is 0.362. The predicted molar refractivity (Wildman–Crippen MR) is 71.6 cm³/mol. The van der Waals surface area contributed by atoms with E-state index >= 15 is 0 Å². The zero-order valence-electron chi connectivity index (χ0n) is 8.61. The molecule has 0 bridgehead atoms. The van der Waals surface area contributed by atoms with Crippen LogP contribution >= 0.6 is 31.9 Å². The van der Waals surface area contributed by atoms with Crippen LogP contribution in [-0.2, 0) is 6.54 Å². The van der Waals surface area contributed by atoms with Crippen molar-refractivity contribution in [2.45, 2.75) is 12.6 Å². The second kappa shape index (κ2) is 5.25. The molecule has 2 nitrogen and oxygen atoms in total. The Hall–Kier alpha value is -0.450. The van der Waals surface area contributed by atoms with Crippen molar-refractivity contribution in [2.75, 3.05) is 5.33 Å². The molecular weight excluding hydrogens is 334 g/mol. The molecule has 0 radical (unpaired) electrons. The highest BCUT2D eigenvalue weighted by atomic mass is 79.9. The maximum Gasteiger partial charge on any atom is 0.212 e. The van der Waals surface area contributed by atoms with Gasteiger partial charge in [-0.25, -0.2) is 0 Å². The van der Waals surface area contributed by atoms with Gasteiger partial charge in [-0.2, -0.15) is 4.57 Å². The van der Waals surface area contributed by atoms with Gasteiger partial charge in [0.1, 0.15) is 6.10 Å². The molecular formula is C12H12Br2NO+. The number of benzene rings is 1.